The Morgan fingerprint density at radius 3 is 2.18 bits per heavy atom. The van der Waals surface area contributed by atoms with Gasteiger partial charge in [0.2, 0.25) is 0 Å². The van der Waals surface area contributed by atoms with Gasteiger partial charge in [-0.15, -0.1) is 0 Å². The number of pyridine rings is 1. The van der Waals surface area contributed by atoms with Crippen LogP contribution in [0.25, 0.3) is 21.9 Å². The second-order valence-electron chi connectivity index (χ2n) is 7.63. The van der Waals surface area contributed by atoms with Crippen LogP contribution in [-0.2, 0) is 19.6 Å². The van der Waals surface area contributed by atoms with E-state index in [1.165, 1.54) is 35.0 Å². The number of hydrogen-bond donors (Lipinski definition) is 0. The highest BCUT2D eigenvalue weighted by Gasteiger charge is 2.31. The number of imidazole rings is 1. The average molecular weight is 491 g/mol. The third kappa shape index (κ3) is 5.02. The van der Waals surface area contributed by atoms with Crippen molar-refractivity contribution in [3.63, 3.8) is 0 Å². The van der Waals surface area contributed by atoms with Crippen LogP contribution < -0.4 is 5.69 Å². The largest absolute Gasteiger partial charge is 0.406 e. The summed E-state index contributed by atoms with van der Waals surface area (Å²) < 4.78 is 80.7. The van der Waals surface area contributed by atoms with E-state index in [2.05, 4.69) is 4.98 Å². The van der Waals surface area contributed by atoms with Crippen molar-refractivity contribution >= 4 is 33.5 Å². The van der Waals surface area contributed by atoms with E-state index in [1.54, 1.807) is 16.7 Å². The molecule has 3 aromatic heterocycles. The molecule has 176 valence electrons. The van der Waals surface area contributed by atoms with E-state index in [1.807, 2.05) is 0 Å². The lowest BCUT2D eigenvalue weighted by molar-refractivity contribution is -0.140. The van der Waals surface area contributed by atoms with Crippen molar-refractivity contribution < 1.29 is 26.3 Å². The molecule has 0 bridgehead atoms. The smallest absolute Gasteiger partial charge is 0.342 e. The molecule has 4 aromatic rings. The minimum atomic E-state index is -4.60. The zero-order valence-electron chi connectivity index (χ0n) is 16.9. The molecule has 3 heterocycles. The zero-order chi connectivity index (χ0) is 24.0. The Bertz CT molecular complexity index is 1370. The molecule has 0 aliphatic carbocycles. The summed E-state index contributed by atoms with van der Waals surface area (Å²) in [4.78, 5) is 16.9. The lowest BCUT2D eigenvalue weighted by Crippen LogP contribution is -2.30. The van der Waals surface area contributed by atoms with Gasteiger partial charge in [-0.25, -0.2) is 9.78 Å². The van der Waals surface area contributed by atoms with Crippen LogP contribution in [0.1, 0.15) is 18.5 Å². The van der Waals surface area contributed by atoms with Gasteiger partial charge < -0.3 is 4.57 Å². The van der Waals surface area contributed by atoms with Crippen LogP contribution in [0.5, 0.6) is 0 Å². The molecule has 4 rings (SSSR count). The number of para-hydroxylation sites is 2. The molecule has 0 fully saturated rings. The third-order valence-corrected chi connectivity index (χ3v) is 5.47. The maximum absolute atomic E-state index is 13.1. The van der Waals surface area contributed by atoms with Gasteiger partial charge in [0.05, 0.1) is 29.3 Å². The Labute approximate surface area is 187 Å². The lowest BCUT2D eigenvalue weighted by Gasteiger charge is -2.13. The Kier molecular flexibility index (Phi) is 5.94. The highest BCUT2D eigenvalue weighted by molar-refractivity contribution is 6.30. The van der Waals surface area contributed by atoms with Gasteiger partial charge in [-0.3, -0.25) is 9.13 Å². The molecule has 0 saturated carbocycles. The molecule has 0 spiro atoms. The van der Waals surface area contributed by atoms with Gasteiger partial charge in [0.15, 0.2) is 0 Å². The molecule has 0 amide bonds. The van der Waals surface area contributed by atoms with Gasteiger partial charge in [0, 0.05) is 24.0 Å². The number of hydrogen-bond acceptors (Lipinski definition) is 2. The maximum Gasteiger partial charge on any atom is 0.406 e. The summed E-state index contributed by atoms with van der Waals surface area (Å²) in [5, 5.41) is 0.782. The van der Waals surface area contributed by atoms with Crippen molar-refractivity contribution in [2.75, 3.05) is 0 Å². The topological polar surface area (TPSA) is 44.8 Å². The summed E-state index contributed by atoms with van der Waals surface area (Å²) >= 11 is 5.94. The molecule has 0 aliphatic heterocycles. The molecule has 0 unspecified atom stereocenters. The number of alkyl halides is 6. The Balaban J connectivity index is 1.80. The van der Waals surface area contributed by atoms with Gasteiger partial charge in [-0.2, -0.15) is 26.3 Å². The number of halogens is 7. The second kappa shape index (κ2) is 8.44. The van der Waals surface area contributed by atoms with Crippen molar-refractivity contribution in [2.24, 2.45) is 0 Å². The predicted octanol–water partition coefficient (Wildman–Crippen LogP) is 5.76. The first kappa shape index (κ1) is 23.2. The molecule has 33 heavy (non-hydrogen) atoms. The Morgan fingerprint density at radius 1 is 0.879 bits per heavy atom. The van der Waals surface area contributed by atoms with Crippen molar-refractivity contribution in [1.82, 2.24) is 18.7 Å². The highest BCUT2D eigenvalue weighted by Crippen LogP contribution is 2.27. The van der Waals surface area contributed by atoms with E-state index >= 15 is 0 Å². The third-order valence-electron chi connectivity index (χ3n) is 5.26. The van der Waals surface area contributed by atoms with Crippen molar-refractivity contribution in [3.05, 3.63) is 63.9 Å². The first-order valence-electron chi connectivity index (χ1n) is 9.88. The van der Waals surface area contributed by atoms with E-state index in [0.717, 1.165) is 0 Å². The Hall–Kier alpha value is -2.95. The van der Waals surface area contributed by atoms with Crippen molar-refractivity contribution in [3.8, 4) is 0 Å². The van der Waals surface area contributed by atoms with Crippen LogP contribution in [0.3, 0.4) is 0 Å². The quantitative estimate of drug-likeness (QED) is 0.255. The summed E-state index contributed by atoms with van der Waals surface area (Å²) in [5.74, 6) is 0. The molecule has 1 aromatic carbocycles. The highest BCUT2D eigenvalue weighted by atomic mass is 35.5. The van der Waals surface area contributed by atoms with Gasteiger partial charge >= 0.3 is 18.0 Å². The molecule has 12 heteroatoms. The minimum absolute atomic E-state index is 0.0163. The van der Waals surface area contributed by atoms with E-state index in [9.17, 15) is 31.1 Å². The number of rotatable bonds is 6. The van der Waals surface area contributed by atoms with Gasteiger partial charge in [-0.1, -0.05) is 23.7 Å². The summed E-state index contributed by atoms with van der Waals surface area (Å²) in [5.41, 5.74) is 0.507. The van der Waals surface area contributed by atoms with Crippen LogP contribution in [0.15, 0.2) is 47.4 Å². The normalized spacial score (nSPS) is 12.8. The monoisotopic (exact) mass is 490 g/mol. The van der Waals surface area contributed by atoms with Crippen molar-refractivity contribution in [2.45, 2.75) is 44.8 Å². The summed E-state index contributed by atoms with van der Waals surface area (Å²) in [6.45, 7) is -1.60. The van der Waals surface area contributed by atoms with Crippen LogP contribution in [-0.4, -0.2) is 31.0 Å². The fourth-order valence-corrected chi connectivity index (χ4v) is 4.11. The fourth-order valence-electron chi connectivity index (χ4n) is 3.94. The molecule has 0 radical (unpaired) electrons. The zero-order valence-corrected chi connectivity index (χ0v) is 17.7. The molecule has 0 aliphatic rings. The maximum atomic E-state index is 13.1. The van der Waals surface area contributed by atoms with Crippen molar-refractivity contribution in [1.29, 1.82) is 0 Å². The van der Waals surface area contributed by atoms with Gasteiger partial charge in [-0.05, 0) is 30.7 Å². The average Bonchev–Trinajstić information content (AvgIpc) is 3.16. The van der Waals surface area contributed by atoms with E-state index in [0.29, 0.717) is 21.2 Å². The summed E-state index contributed by atoms with van der Waals surface area (Å²) in [6.07, 6.45) is -8.73. The van der Waals surface area contributed by atoms with Crippen LogP contribution in [0.4, 0.5) is 26.3 Å². The SMILES string of the molecule is O=c1n(Cc2cc3cc(Cl)ncc3n2CCCC(F)(F)F)c2ccccc2n1CC(F)(F)F. The van der Waals surface area contributed by atoms with E-state index in [4.69, 9.17) is 11.6 Å². The van der Waals surface area contributed by atoms with Crippen LogP contribution in [0.2, 0.25) is 5.15 Å². The molecule has 0 atom stereocenters. The molecule has 0 N–H and O–H groups in total. The first-order valence-corrected chi connectivity index (χ1v) is 10.3. The fraction of sp³-hybridized carbons (Fsp3) is 0.333. The summed E-state index contributed by atoms with van der Waals surface area (Å²) in [6, 6.07) is 9.26. The Morgan fingerprint density at radius 2 is 1.55 bits per heavy atom. The van der Waals surface area contributed by atoms with E-state index in [-0.39, 0.29) is 35.7 Å². The summed E-state index contributed by atoms with van der Waals surface area (Å²) in [7, 11) is 0. The minimum Gasteiger partial charge on any atom is -0.342 e. The molecule has 0 saturated heterocycles. The number of fused-ring (bicyclic) bond motifs is 2. The predicted molar refractivity (Wildman–Crippen MR) is 111 cm³/mol. The second-order valence-corrected chi connectivity index (χ2v) is 8.02. The number of aromatic nitrogens is 4. The standard InChI is InChI=1S/C21H17ClF6N4O/c22-18-9-13-8-14(30(17(13)10-29-18)7-3-6-20(23,24)25)11-31-15-4-1-2-5-16(15)32(19(31)33)12-21(26,27)28/h1-2,4-5,8-10H,3,6-7,11-12H2. The molecular weight excluding hydrogens is 474 g/mol. The van der Waals surface area contributed by atoms with Crippen LogP contribution >= 0.6 is 11.6 Å². The number of benzene rings is 1. The van der Waals surface area contributed by atoms with Gasteiger partial charge in [0.25, 0.3) is 0 Å². The first-order chi connectivity index (χ1) is 15.4. The van der Waals surface area contributed by atoms with E-state index < -0.39 is 31.0 Å². The number of nitrogens with zero attached hydrogens (tertiary/aromatic N) is 4. The lowest BCUT2D eigenvalue weighted by atomic mass is 10.3. The van der Waals surface area contributed by atoms with Gasteiger partial charge in [0.1, 0.15) is 11.7 Å². The molecular formula is C21H17ClF6N4O. The van der Waals surface area contributed by atoms with Crippen LogP contribution in [0, 0.1) is 0 Å². The number of aryl methyl sites for hydroxylation is 1. The molecule has 5 nitrogen and oxygen atoms in total.